The number of nitro benzene ring substituents is 1. The average Bonchev–Trinajstić information content (AvgIpc) is 2.95. The quantitative estimate of drug-likeness (QED) is 0.241. The Balaban J connectivity index is 1.52. The molecule has 3 amide bonds. The lowest BCUT2D eigenvalue weighted by Crippen LogP contribution is -2.49. The molecular weight excluding hydrogens is 364 g/mol. The minimum absolute atomic E-state index is 0.0494. The average molecular weight is 386 g/mol. The van der Waals surface area contributed by atoms with E-state index >= 15 is 0 Å². The Morgan fingerprint density at radius 2 is 1.79 bits per heavy atom. The minimum Gasteiger partial charge on any atom is -0.378 e. The van der Waals surface area contributed by atoms with Gasteiger partial charge in [-0.3, -0.25) is 29.4 Å². The number of nitrogens with one attached hydrogen (secondary N) is 2. The first-order valence-corrected chi connectivity index (χ1v) is 9.18. The molecule has 1 heterocycles. The second-order valence-corrected chi connectivity index (χ2v) is 6.87. The molecular formula is C19H22N4O5. The minimum atomic E-state index is -0.892. The van der Waals surface area contributed by atoms with Crippen molar-refractivity contribution in [3.8, 4) is 0 Å². The number of rotatable bonds is 7. The van der Waals surface area contributed by atoms with E-state index in [-0.39, 0.29) is 42.4 Å². The van der Waals surface area contributed by atoms with Gasteiger partial charge in [-0.25, -0.2) is 0 Å². The molecule has 2 N–H and O–H groups in total. The van der Waals surface area contributed by atoms with Gasteiger partial charge < -0.3 is 10.6 Å². The van der Waals surface area contributed by atoms with Crippen molar-refractivity contribution in [2.24, 2.45) is 11.8 Å². The maximum Gasteiger partial charge on any atom is 0.292 e. The molecule has 0 bridgehead atoms. The van der Waals surface area contributed by atoms with E-state index in [9.17, 15) is 24.5 Å². The van der Waals surface area contributed by atoms with Gasteiger partial charge in [-0.1, -0.05) is 24.3 Å². The Hall–Kier alpha value is -3.23. The van der Waals surface area contributed by atoms with Crippen LogP contribution in [0.3, 0.4) is 0 Å². The Kier molecular flexibility index (Phi) is 5.72. The van der Waals surface area contributed by atoms with E-state index in [1.165, 1.54) is 13.0 Å². The number of likely N-dealkylation sites (tertiary alicyclic amines) is 1. The normalized spacial score (nSPS) is 22.0. The summed E-state index contributed by atoms with van der Waals surface area (Å²) in [5.41, 5.74) is 0.308. The first kappa shape index (κ1) is 19.5. The van der Waals surface area contributed by atoms with Crippen LogP contribution in [0.4, 0.5) is 11.4 Å². The number of para-hydroxylation sites is 2. The number of carbonyl (C=O) groups excluding carboxylic acids is 3. The second-order valence-electron chi connectivity index (χ2n) is 6.87. The monoisotopic (exact) mass is 386 g/mol. The largest absolute Gasteiger partial charge is 0.378 e. The zero-order valence-electron chi connectivity index (χ0n) is 15.5. The van der Waals surface area contributed by atoms with Gasteiger partial charge in [-0.05, 0) is 25.8 Å². The topological polar surface area (TPSA) is 122 Å². The number of imide groups is 1. The molecule has 3 atom stereocenters. The van der Waals surface area contributed by atoms with E-state index in [1.54, 1.807) is 18.2 Å². The van der Waals surface area contributed by atoms with Crippen molar-refractivity contribution >= 4 is 29.1 Å². The first-order chi connectivity index (χ1) is 13.4. The van der Waals surface area contributed by atoms with Gasteiger partial charge in [0.1, 0.15) is 11.7 Å². The summed E-state index contributed by atoms with van der Waals surface area (Å²) >= 11 is 0. The molecule has 1 saturated heterocycles. The number of allylic oxidation sites excluding steroid dienone is 2. The van der Waals surface area contributed by atoms with Crippen LogP contribution in [0.25, 0.3) is 0 Å². The Morgan fingerprint density at radius 1 is 1.18 bits per heavy atom. The number of benzene rings is 1. The number of hydrogen-bond donors (Lipinski definition) is 2. The van der Waals surface area contributed by atoms with Crippen molar-refractivity contribution in [1.29, 1.82) is 0 Å². The highest BCUT2D eigenvalue weighted by atomic mass is 16.6. The van der Waals surface area contributed by atoms with Gasteiger partial charge in [0, 0.05) is 19.2 Å². The predicted octanol–water partition coefficient (Wildman–Crippen LogP) is 1.46. The SMILES string of the molecule is C[C@@H](C(=O)NCCNc1ccccc1[N+](=O)[O-])N1C(=O)[C@H]2CC=CC[C@H]2C1=O. The van der Waals surface area contributed by atoms with Crippen LogP contribution < -0.4 is 10.6 Å². The number of amides is 3. The molecule has 0 spiro atoms. The first-order valence-electron chi connectivity index (χ1n) is 9.18. The zero-order valence-corrected chi connectivity index (χ0v) is 15.5. The van der Waals surface area contributed by atoms with E-state index in [2.05, 4.69) is 10.6 Å². The summed E-state index contributed by atoms with van der Waals surface area (Å²) < 4.78 is 0. The summed E-state index contributed by atoms with van der Waals surface area (Å²) in [5, 5.41) is 16.6. The van der Waals surface area contributed by atoms with E-state index in [0.29, 0.717) is 18.5 Å². The standard InChI is InChI=1S/C19H22N4O5/c1-12(22-18(25)13-6-2-3-7-14(13)19(22)26)17(24)21-11-10-20-15-8-4-5-9-16(15)23(27)28/h2-5,8-9,12-14,20H,6-7,10-11H2,1H3,(H,21,24)/t12-,13-,14+/m0/s1. The molecule has 0 unspecified atom stereocenters. The molecule has 1 aromatic carbocycles. The summed E-state index contributed by atoms with van der Waals surface area (Å²) in [4.78, 5) is 49.0. The molecule has 0 aromatic heterocycles. The molecule has 2 aliphatic rings. The Morgan fingerprint density at radius 3 is 2.39 bits per heavy atom. The van der Waals surface area contributed by atoms with Crippen molar-refractivity contribution in [3.63, 3.8) is 0 Å². The van der Waals surface area contributed by atoms with Crippen molar-refractivity contribution in [2.45, 2.75) is 25.8 Å². The van der Waals surface area contributed by atoms with Crippen molar-refractivity contribution in [3.05, 3.63) is 46.5 Å². The third kappa shape index (κ3) is 3.73. The Bertz CT molecular complexity index is 811. The molecule has 148 valence electrons. The molecule has 9 heteroatoms. The fourth-order valence-electron chi connectivity index (χ4n) is 3.64. The molecule has 1 fully saturated rings. The highest BCUT2D eigenvalue weighted by Gasteiger charge is 2.49. The van der Waals surface area contributed by atoms with E-state index < -0.39 is 16.9 Å². The van der Waals surface area contributed by atoms with Gasteiger partial charge in [0.15, 0.2) is 0 Å². The molecule has 28 heavy (non-hydrogen) atoms. The lowest BCUT2D eigenvalue weighted by Gasteiger charge is -2.22. The second kappa shape index (κ2) is 8.20. The molecule has 3 rings (SSSR count). The van der Waals surface area contributed by atoms with Crippen LogP contribution in [0.15, 0.2) is 36.4 Å². The molecule has 1 aliphatic heterocycles. The maximum atomic E-state index is 12.5. The summed E-state index contributed by atoms with van der Waals surface area (Å²) in [5.74, 6) is -1.75. The van der Waals surface area contributed by atoms with Crippen LogP contribution in [0, 0.1) is 22.0 Å². The number of nitrogens with zero attached hydrogens (tertiary/aromatic N) is 2. The van der Waals surface area contributed by atoms with Gasteiger partial charge >= 0.3 is 0 Å². The van der Waals surface area contributed by atoms with Crippen LogP contribution in [0.2, 0.25) is 0 Å². The number of anilines is 1. The highest BCUT2D eigenvalue weighted by Crippen LogP contribution is 2.36. The summed E-state index contributed by atoms with van der Waals surface area (Å²) in [6.45, 7) is 1.99. The lowest BCUT2D eigenvalue weighted by atomic mass is 9.85. The number of nitro groups is 1. The van der Waals surface area contributed by atoms with Crippen molar-refractivity contribution in [1.82, 2.24) is 10.2 Å². The van der Waals surface area contributed by atoms with Gasteiger partial charge in [0.2, 0.25) is 17.7 Å². The van der Waals surface area contributed by atoms with E-state index in [1.807, 2.05) is 12.2 Å². The number of carbonyl (C=O) groups is 3. The van der Waals surface area contributed by atoms with Gasteiger partial charge in [-0.2, -0.15) is 0 Å². The van der Waals surface area contributed by atoms with Crippen LogP contribution >= 0.6 is 0 Å². The van der Waals surface area contributed by atoms with Crippen molar-refractivity contribution < 1.29 is 19.3 Å². The van der Waals surface area contributed by atoms with Crippen molar-refractivity contribution in [2.75, 3.05) is 18.4 Å². The molecule has 1 aromatic rings. The molecule has 1 aliphatic carbocycles. The van der Waals surface area contributed by atoms with Crippen LogP contribution in [0.5, 0.6) is 0 Å². The Labute approximate surface area is 161 Å². The molecule has 0 saturated carbocycles. The smallest absolute Gasteiger partial charge is 0.292 e. The zero-order chi connectivity index (χ0) is 20.3. The van der Waals surface area contributed by atoms with E-state index in [4.69, 9.17) is 0 Å². The van der Waals surface area contributed by atoms with Crippen LogP contribution in [-0.4, -0.2) is 46.7 Å². The predicted molar refractivity (Wildman–Crippen MR) is 101 cm³/mol. The third-order valence-electron chi connectivity index (χ3n) is 5.15. The van der Waals surface area contributed by atoms with Gasteiger partial charge in [0.25, 0.3) is 5.69 Å². The lowest BCUT2D eigenvalue weighted by molar-refractivity contribution is -0.384. The summed E-state index contributed by atoms with van der Waals surface area (Å²) in [6.07, 6.45) is 4.85. The summed E-state index contributed by atoms with van der Waals surface area (Å²) in [6, 6.07) is 5.33. The van der Waals surface area contributed by atoms with Gasteiger partial charge in [0.05, 0.1) is 16.8 Å². The fraction of sp³-hybridized carbons (Fsp3) is 0.421. The third-order valence-corrected chi connectivity index (χ3v) is 5.15. The van der Waals surface area contributed by atoms with Gasteiger partial charge in [-0.15, -0.1) is 0 Å². The number of hydrogen-bond acceptors (Lipinski definition) is 6. The van der Waals surface area contributed by atoms with Crippen LogP contribution in [0.1, 0.15) is 19.8 Å². The van der Waals surface area contributed by atoms with E-state index in [0.717, 1.165) is 4.90 Å². The number of fused-ring (bicyclic) bond motifs is 1. The summed E-state index contributed by atoms with van der Waals surface area (Å²) in [7, 11) is 0. The highest BCUT2D eigenvalue weighted by molar-refractivity contribution is 6.08. The maximum absolute atomic E-state index is 12.5. The fourth-order valence-corrected chi connectivity index (χ4v) is 3.64. The molecule has 0 radical (unpaired) electrons. The van der Waals surface area contributed by atoms with Crippen LogP contribution in [-0.2, 0) is 14.4 Å². The molecule has 9 nitrogen and oxygen atoms in total.